The van der Waals surface area contributed by atoms with E-state index in [2.05, 4.69) is 9.97 Å². The van der Waals surface area contributed by atoms with Gasteiger partial charge in [-0.1, -0.05) is 19.3 Å². The highest BCUT2D eigenvalue weighted by Gasteiger charge is 2.50. The van der Waals surface area contributed by atoms with Crippen molar-refractivity contribution < 1.29 is 9.90 Å². The molecule has 1 saturated carbocycles. The van der Waals surface area contributed by atoms with Gasteiger partial charge in [-0.3, -0.25) is 4.79 Å². The van der Waals surface area contributed by atoms with Crippen LogP contribution < -0.4 is 4.90 Å². The van der Waals surface area contributed by atoms with Gasteiger partial charge in [0.05, 0.1) is 5.92 Å². The number of hydrogen-bond acceptors (Lipinski definition) is 4. The van der Waals surface area contributed by atoms with E-state index in [4.69, 9.17) is 0 Å². The fourth-order valence-corrected chi connectivity index (χ4v) is 3.68. The molecule has 5 nitrogen and oxygen atoms in total. The molecule has 0 amide bonds. The van der Waals surface area contributed by atoms with Crippen molar-refractivity contribution >= 4 is 11.9 Å². The molecule has 0 aromatic carbocycles. The molecule has 1 saturated heterocycles. The number of hydrogen-bond donors (Lipinski definition) is 1. The Morgan fingerprint density at radius 3 is 2.58 bits per heavy atom. The predicted octanol–water partition coefficient (Wildman–Crippen LogP) is 1.95. The molecule has 1 atom stereocenters. The lowest BCUT2D eigenvalue weighted by Crippen LogP contribution is -2.36. The molecule has 2 fully saturated rings. The van der Waals surface area contributed by atoms with Crippen LogP contribution in [0.1, 0.15) is 32.1 Å². The molecular weight excluding hydrogens is 242 g/mol. The summed E-state index contributed by atoms with van der Waals surface area (Å²) in [6.07, 6.45) is 8.99. The third-order valence-electron chi connectivity index (χ3n) is 4.63. The molecular formula is C14H19N3O2. The van der Waals surface area contributed by atoms with Gasteiger partial charge in [0.25, 0.3) is 0 Å². The minimum Gasteiger partial charge on any atom is -0.481 e. The topological polar surface area (TPSA) is 66.3 Å². The number of carboxylic acid groups (broad SMARTS) is 1. The maximum absolute atomic E-state index is 11.6. The minimum absolute atomic E-state index is 0.0662. The first-order valence-electron chi connectivity index (χ1n) is 6.96. The Labute approximate surface area is 112 Å². The van der Waals surface area contributed by atoms with Gasteiger partial charge in [0.2, 0.25) is 5.95 Å². The predicted molar refractivity (Wildman–Crippen MR) is 70.9 cm³/mol. The molecule has 1 spiro atoms. The number of carboxylic acids is 1. The second-order valence-corrected chi connectivity index (χ2v) is 5.74. The number of carbonyl (C=O) groups is 1. The Bertz CT molecular complexity index is 457. The van der Waals surface area contributed by atoms with Crippen molar-refractivity contribution in [3.05, 3.63) is 18.5 Å². The molecule has 5 heteroatoms. The number of aliphatic carboxylic acids is 1. The summed E-state index contributed by atoms with van der Waals surface area (Å²) in [4.78, 5) is 22.1. The van der Waals surface area contributed by atoms with Crippen LogP contribution in [0.2, 0.25) is 0 Å². The van der Waals surface area contributed by atoms with Gasteiger partial charge in [-0.15, -0.1) is 0 Å². The first-order valence-corrected chi connectivity index (χ1v) is 6.96. The lowest BCUT2D eigenvalue weighted by Gasteiger charge is -2.36. The standard InChI is InChI=1S/C14H19N3O2/c18-12(19)11-9-17(13-15-7-4-8-16-13)10-14(11)5-2-1-3-6-14/h4,7-8,11H,1-3,5-6,9-10H2,(H,18,19)/t11-/m0/s1. The van der Waals surface area contributed by atoms with E-state index in [1.165, 1.54) is 6.42 Å². The second-order valence-electron chi connectivity index (χ2n) is 5.74. The first-order chi connectivity index (χ1) is 9.21. The van der Waals surface area contributed by atoms with Crippen LogP contribution >= 0.6 is 0 Å². The highest BCUT2D eigenvalue weighted by Crippen LogP contribution is 2.48. The summed E-state index contributed by atoms with van der Waals surface area (Å²) in [5.74, 6) is -0.284. The molecule has 0 bridgehead atoms. The van der Waals surface area contributed by atoms with E-state index in [0.717, 1.165) is 32.2 Å². The third-order valence-corrected chi connectivity index (χ3v) is 4.63. The van der Waals surface area contributed by atoms with Crippen LogP contribution in [0.15, 0.2) is 18.5 Å². The van der Waals surface area contributed by atoms with E-state index in [1.807, 2.05) is 4.90 Å². The molecule has 1 N–H and O–H groups in total. The Morgan fingerprint density at radius 2 is 1.95 bits per heavy atom. The highest BCUT2D eigenvalue weighted by molar-refractivity contribution is 5.73. The monoisotopic (exact) mass is 261 g/mol. The molecule has 19 heavy (non-hydrogen) atoms. The number of anilines is 1. The number of aromatic nitrogens is 2. The molecule has 0 unspecified atom stereocenters. The minimum atomic E-state index is -0.666. The Kier molecular flexibility index (Phi) is 3.12. The van der Waals surface area contributed by atoms with E-state index in [9.17, 15) is 9.90 Å². The number of nitrogens with zero attached hydrogens (tertiary/aromatic N) is 3. The SMILES string of the molecule is O=C(O)[C@@H]1CN(c2ncccn2)CC12CCCCC2. The molecule has 1 aliphatic carbocycles. The van der Waals surface area contributed by atoms with Crippen LogP contribution in [-0.4, -0.2) is 34.1 Å². The van der Waals surface area contributed by atoms with Gasteiger partial charge in [0, 0.05) is 30.9 Å². The van der Waals surface area contributed by atoms with Crippen molar-refractivity contribution in [2.24, 2.45) is 11.3 Å². The summed E-state index contributed by atoms with van der Waals surface area (Å²) in [6.45, 7) is 1.33. The largest absolute Gasteiger partial charge is 0.481 e. The summed E-state index contributed by atoms with van der Waals surface area (Å²) in [5, 5.41) is 9.53. The zero-order chi connectivity index (χ0) is 13.3. The Morgan fingerprint density at radius 1 is 1.26 bits per heavy atom. The fourth-order valence-electron chi connectivity index (χ4n) is 3.68. The zero-order valence-corrected chi connectivity index (χ0v) is 11.0. The van der Waals surface area contributed by atoms with Crippen molar-refractivity contribution in [3.8, 4) is 0 Å². The van der Waals surface area contributed by atoms with Gasteiger partial charge >= 0.3 is 5.97 Å². The third kappa shape index (κ3) is 2.17. The molecule has 0 radical (unpaired) electrons. The van der Waals surface area contributed by atoms with Crippen LogP contribution in [0, 0.1) is 11.3 Å². The van der Waals surface area contributed by atoms with E-state index < -0.39 is 5.97 Å². The van der Waals surface area contributed by atoms with Crippen LogP contribution in [0.4, 0.5) is 5.95 Å². The fraction of sp³-hybridized carbons (Fsp3) is 0.643. The molecule has 2 heterocycles. The second kappa shape index (κ2) is 4.79. The highest BCUT2D eigenvalue weighted by atomic mass is 16.4. The van der Waals surface area contributed by atoms with Gasteiger partial charge in [-0.2, -0.15) is 0 Å². The Hall–Kier alpha value is -1.65. The van der Waals surface area contributed by atoms with Crippen molar-refractivity contribution in [1.29, 1.82) is 0 Å². The van der Waals surface area contributed by atoms with Crippen molar-refractivity contribution in [2.75, 3.05) is 18.0 Å². The van der Waals surface area contributed by atoms with E-state index in [-0.39, 0.29) is 11.3 Å². The van der Waals surface area contributed by atoms with Gasteiger partial charge in [-0.05, 0) is 18.9 Å². The maximum atomic E-state index is 11.6. The van der Waals surface area contributed by atoms with Crippen LogP contribution in [0.3, 0.4) is 0 Å². The summed E-state index contributed by atoms with van der Waals surface area (Å²) in [7, 11) is 0. The smallest absolute Gasteiger partial charge is 0.308 e. The lowest BCUT2D eigenvalue weighted by molar-refractivity contribution is -0.145. The first kappa shape index (κ1) is 12.4. The Balaban J connectivity index is 1.86. The molecule has 102 valence electrons. The average Bonchev–Trinajstić information content (AvgIpc) is 2.80. The van der Waals surface area contributed by atoms with Crippen LogP contribution in [0.25, 0.3) is 0 Å². The van der Waals surface area contributed by atoms with Crippen molar-refractivity contribution in [3.63, 3.8) is 0 Å². The summed E-state index contributed by atoms with van der Waals surface area (Å²) in [5.41, 5.74) is -0.0662. The molecule has 3 rings (SSSR count). The maximum Gasteiger partial charge on any atom is 0.308 e. The molecule has 1 aromatic rings. The van der Waals surface area contributed by atoms with Gasteiger partial charge in [0.15, 0.2) is 0 Å². The quantitative estimate of drug-likeness (QED) is 0.881. The average molecular weight is 261 g/mol. The van der Waals surface area contributed by atoms with Crippen molar-refractivity contribution in [1.82, 2.24) is 9.97 Å². The van der Waals surface area contributed by atoms with Crippen molar-refractivity contribution in [2.45, 2.75) is 32.1 Å². The molecule has 2 aliphatic rings. The zero-order valence-electron chi connectivity index (χ0n) is 11.0. The van der Waals surface area contributed by atoms with Crippen LogP contribution in [-0.2, 0) is 4.79 Å². The van der Waals surface area contributed by atoms with Gasteiger partial charge in [0.1, 0.15) is 0 Å². The van der Waals surface area contributed by atoms with E-state index in [1.54, 1.807) is 18.5 Å². The van der Waals surface area contributed by atoms with E-state index in [0.29, 0.717) is 12.5 Å². The summed E-state index contributed by atoms with van der Waals surface area (Å²) >= 11 is 0. The number of rotatable bonds is 2. The van der Waals surface area contributed by atoms with E-state index >= 15 is 0 Å². The van der Waals surface area contributed by atoms with Gasteiger partial charge < -0.3 is 10.0 Å². The van der Waals surface area contributed by atoms with Gasteiger partial charge in [-0.25, -0.2) is 9.97 Å². The van der Waals surface area contributed by atoms with Crippen LogP contribution in [0.5, 0.6) is 0 Å². The molecule has 1 aromatic heterocycles. The molecule has 1 aliphatic heterocycles. The summed E-state index contributed by atoms with van der Waals surface area (Å²) < 4.78 is 0. The normalized spacial score (nSPS) is 25.7. The lowest BCUT2D eigenvalue weighted by atomic mass is 9.68. The summed E-state index contributed by atoms with van der Waals surface area (Å²) in [6, 6.07) is 1.78.